The van der Waals surface area contributed by atoms with E-state index in [9.17, 15) is 0 Å². The predicted octanol–water partition coefficient (Wildman–Crippen LogP) is 2.57. The fourth-order valence-corrected chi connectivity index (χ4v) is 1.92. The third-order valence-electron chi connectivity index (χ3n) is 2.59. The van der Waals surface area contributed by atoms with Crippen molar-refractivity contribution in [3.8, 4) is 0 Å². The van der Waals surface area contributed by atoms with Gasteiger partial charge in [-0.2, -0.15) is 0 Å². The van der Waals surface area contributed by atoms with Gasteiger partial charge in [0.25, 0.3) is 0 Å². The summed E-state index contributed by atoms with van der Waals surface area (Å²) in [5.74, 6) is 1.40. The highest BCUT2D eigenvalue weighted by Crippen LogP contribution is 2.14. The Morgan fingerprint density at radius 2 is 1.89 bits per heavy atom. The molecule has 18 heavy (non-hydrogen) atoms. The Labute approximate surface area is 115 Å². The van der Waals surface area contributed by atoms with E-state index in [0.29, 0.717) is 12.3 Å². The molecule has 4 nitrogen and oxygen atoms in total. The second-order valence-corrected chi connectivity index (χ2v) is 5.02. The van der Waals surface area contributed by atoms with Gasteiger partial charge in [-0.05, 0) is 37.7 Å². The standard InChI is InChI=1S/C13H16BrN3O/c1-15-8-2-3-12-16-17-13(18-12)9-10-4-6-11(14)7-5-10/h4-7,15H,2-3,8-9H2,1H3. The zero-order valence-electron chi connectivity index (χ0n) is 10.3. The zero-order chi connectivity index (χ0) is 12.8. The van der Waals surface area contributed by atoms with Gasteiger partial charge in [0.15, 0.2) is 0 Å². The lowest BCUT2D eigenvalue weighted by Crippen LogP contribution is -2.08. The molecule has 0 fully saturated rings. The maximum Gasteiger partial charge on any atom is 0.220 e. The Morgan fingerprint density at radius 3 is 2.61 bits per heavy atom. The zero-order valence-corrected chi connectivity index (χ0v) is 11.9. The van der Waals surface area contributed by atoms with Gasteiger partial charge in [0.05, 0.1) is 6.42 Å². The maximum absolute atomic E-state index is 5.60. The van der Waals surface area contributed by atoms with E-state index in [4.69, 9.17) is 4.42 Å². The van der Waals surface area contributed by atoms with Gasteiger partial charge in [0, 0.05) is 10.9 Å². The Kier molecular flexibility index (Phi) is 4.90. The Hall–Kier alpha value is -1.20. The summed E-state index contributed by atoms with van der Waals surface area (Å²) in [6, 6.07) is 8.13. The lowest BCUT2D eigenvalue weighted by atomic mass is 10.1. The Bertz CT molecular complexity index is 481. The SMILES string of the molecule is CNCCCc1nnc(Cc2ccc(Br)cc2)o1. The maximum atomic E-state index is 5.60. The van der Waals surface area contributed by atoms with Crippen LogP contribution in [0.5, 0.6) is 0 Å². The van der Waals surface area contributed by atoms with E-state index in [1.54, 1.807) is 0 Å². The van der Waals surface area contributed by atoms with Gasteiger partial charge in [0.2, 0.25) is 11.8 Å². The molecular weight excluding hydrogens is 294 g/mol. The first kappa shape index (κ1) is 13.2. The average Bonchev–Trinajstić information content (AvgIpc) is 2.80. The van der Waals surface area contributed by atoms with E-state index in [1.165, 1.54) is 5.56 Å². The minimum absolute atomic E-state index is 0.678. The van der Waals surface area contributed by atoms with E-state index in [-0.39, 0.29) is 0 Å². The number of halogens is 1. The highest BCUT2D eigenvalue weighted by Gasteiger charge is 2.06. The van der Waals surface area contributed by atoms with Gasteiger partial charge < -0.3 is 9.73 Å². The molecule has 1 aromatic carbocycles. The minimum Gasteiger partial charge on any atom is -0.425 e. The van der Waals surface area contributed by atoms with Crippen molar-refractivity contribution in [2.45, 2.75) is 19.3 Å². The smallest absolute Gasteiger partial charge is 0.220 e. The summed E-state index contributed by atoms with van der Waals surface area (Å²) in [6.07, 6.45) is 2.52. The van der Waals surface area contributed by atoms with Gasteiger partial charge in [-0.25, -0.2) is 0 Å². The van der Waals surface area contributed by atoms with E-state index in [2.05, 4.69) is 43.6 Å². The van der Waals surface area contributed by atoms with Crippen molar-refractivity contribution in [1.29, 1.82) is 0 Å². The first-order valence-corrected chi connectivity index (χ1v) is 6.77. The third kappa shape index (κ3) is 3.92. The fourth-order valence-electron chi connectivity index (χ4n) is 1.65. The number of hydrogen-bond acceptors (Lipinski definition) is 4. The van der Waals surface area contributed by atoms with Crippen LogP contribution >= 0.6 is 15.9 Å². The number of nitrogens with one attached hydrogen (secondary N) is 1. The van der Waals surface area contributed by atoms with E-state index >= 15 is 0 Å². The fraction of sp³-hybridized carbons (Fsp3) is 0.385. The number of aromatic nitrogens is 2. The summed E-state index contributed by atoms with van der Waals surface area (Å²) in [5.41, 5.74) is 1.17. The molecule has 0 aliphatic rings. The van der Waals surface area contributed by atoms with Gasteiger partial charge >= 0.3 is 0 Å². The molecule has 0 aliphatic heterocycles. The molecule has 0 saturated carbocycles. The molecule has 96 valence electrons. The molecule has 0 saturated heterocycles. The van der Waals surface area contributed by atoms with Gasteiger partial charge in [-0.3, -0.25) is 0 Å². The van der Waals surface area contributed by atoms with Crippen LogP contribution in [-0.4, -0.2) is 23.8 Å². The largest absolute Gasteiger partial charge is 0.425 e. The summed E-state index contributed by atoms with van der Waals surface area (Å²) in [6.45, 7) is 0.963. The van der Waals surface area contributed by atoms with Crippen molar-refractivity contribution in [2.24, 2.45) is 0 Å². The van der Waals surface area contributed by atoms with E-state index < -0.39 is 0 Å². The minimum atomic E-state index is 0.678. The summed E-state index contributed by atoms with van der Waals surface area (Å²) in [7, 11) is 1.94. The van der Waals surface area contributed by atoms with Crippen molar-refractivity contribution in [3.63, 3.8) is 0 Å². The summed E-state index contributed by atoms with van der Waals surface area (Å²) in [5, 5.41) is 11.2. The highest BCUT2D eigenvalue weighted by atomic mass is 79.9. The second kappa shape index (κ2) is 6.66. The lowest BCUT2D eigenvalue weighted by molar-refractivity contribution is 0.451. The Balaban J connectivity index is 1.91. The molecule has 2 aromatic rings. The van der Waals surface area contributed by atoms with Crippen LogP contribution in [0.4, 0.5) is 0 Å². The molecule has 1 heterocycles. The van der Waals surface area contributed by atoms with Gasteiger partial charge in [-0.15, -0.1) is 10.2 Å². The molecule has 0 aliphatic carbocycles. The molecule has 0 unspecified atom stereocenters. The summed E-state index contributed by atoms with van der Waals surface area (Å²) in [4.78, 5) is 0. The molecule has 1 N–H and O–H groups in total. The monoisotopic (exact) mass is 309 g/mol. The second-order valence-electron chi connectivity index (χ2n) is 4.10. The van der Waals surface area contributed by atoms with Crippen LogP contribution < -0.4 is 5.32 Å². The topological polar surface area (TPSA) is 51.0 Å². The molecule has 0 amide bonds. The van der Waals surface area contributed by atoms with Crippen LogP contribution in [0.1, 0.15) is 23.8 Å². The average molecular weight is 310 g/mol. The first-order valence-electron chi connectivity index (χ1n) is 5.98. The first-order chi connectivity index (χ1) is 8.78. The molecule has 0 spiro atoms. The molecule has 0 radical (unpaired) electrons. The molecular formula is C13H16BrN3O. The molecule has 0 atom stereocenters. The van der Waals surface area contributed by atoms with Crippen LogP contribution in [0, 0.1) is 0 Å². The summed E-state index contributed by atoms with van der Waals surface area (Å²) < 4.78 is 6.68. The van der Waals surface area contributed by atoms with Crippen LogP contribution in [0.25, 0.3) is 0 Å². The molecule has 2 rings (SSSR count). The quantitative estimate of drug-likeness (QED) is 0.833. The van der Waals surface area contributed by atoms with Crippen LogP contribution in [-0.2, 0) is 12.8 Å². The number of rotatable bonds is 6. The highest BCUT2D eigenvalue weighted by molar-refractivity contribution is 9.10. The van der Waals surface area contributed by atoms with Crippen molar-refractivity contribution < 1.29 is 4.42 Å². The summed E-state index contributed by atoms with van der Waals surface area (Å²) >= 11 is 3.41. The molecule has 1 aromatic heterocycles. The van der Waals surface area contributed by atoms with Crippen molar-refractivity contribution >= 4 is 15.9 Å². The molecule has 0 bridgehead atoms. The van der Waals surface area contributed by atoms with Crippen LogP contribution in [0.3, 0.4) is 0 Å². The number of benzene rings is 1. The van der Waals surface area contributed by atoms with Crippen LogP contribution in [0.15, 0.2) is 33.2 Å². The number of aryl methyl sites for hydroxylation is 1. The van der Waals surface area contributed by atoms with Crippen molar-refractivity contribution in [1.82, 2.24) is 15.5 Å². The third-order valence-corrected chi connectivity index (χ3v) is 3.12. The number of hydrogen-bond donors (Lipinski definition) is 1. The van der Waals surface area contributed by atoms with E-state index in [1.807, 2.05) is 19.2 Å². The normalized spacial score (nSPS) is 10.8. The lowest BCUT2D eigenvalue weighted by Gasteiger charge is -1.97. The Morgan fingerprint density at radius 1 is 1.17 bits per heavy atom. The predicted molar refractivity (Wildman–Crippen MR) is 73.5 cm³/mol. The number of nitrogens with zero attached hydrogens (tertiary/aromatic N) is 2. The molecule has 5 heteroatoms. The van der Waals surface area contributed by atoms with Gasteiger partial charge in [0.1, 0.15) is 0 Å². The van der Waals surface area contributed by atoms with Crippen molar-refractivity contribution in [3.05, 3.63) is 46.1 Å². The van der Waals surface area contributed by atoms with E-state index in [0.717, 1.165) is 29.7 Å². The van der Waals surface area contributed by atoms with Gasteiger partial charge in [-0.1, -0.05) is 28.1 Å². The van der Waals surface area contributed by atoms with Crippen LogP contribution in [0.2, 0.25) is 0 Å². The van der Waals surface area contributed by atoms with Crippen molar-refractivity contribution in [2.75, 3.05) is 13.6 Å².